The van der Waals surface area contributed by atoms with E-state index < -0.39 is 12.0 Å². The molecule has 0 aromatic carbocycles. The summed E-state index contributed by atoms with van der Waals surface area (Å²) >= 11 is 0. The number of carboxylic acid groups (broad SMARTS) is 1. The Morgan fingerprint density at radius 3 is 2.76 bits per heavy atom. The van der Waals surface area contributed by atoms with Crippen LogP contribution in [0.3, 0.4) is 0 Å². The van der Waals surface area contributed by atoms with Gasteiger partial charge in [0.2, 0.25) is 0 Å². The zero-order valence-corrected chi connectivity index (χ0v) is 10.7. The van der Waals surface area contributed by atoms with Crippen molar-refractivity contribution in [2.24, 2.45) is 13.0 Å². The van der Waals surface area contributed by atoms with E-state index in [4.69, 9.17) is 5.11 Å². The molecule has 1 heterocycles. The first-order valence-electron chi connectivity index (χ1n) is 5.93. The van der Waals surface area contributed by atoms with Gasteiger partial charge in [-0.3, -0.25) is 4.79 Å². The molecule has 1 aromatic rings. The van der Waals surface area contributed by atoms with E-state index in [1.54, 1.807) is 6.20 Å². The van der Waals surface area contributed by atoms with Crippen LogP contribution in [0.25, 0.3) is 0 Å². The fourth-order valence-electron chi connectivity index (χ4n) is 1.74. The number of imidazole rings is 1. The van der Waals surface area contributed by atoms with Crippen LogP contribution in [0.5, 0.6) is 0 Å². The summed E-state index contributed by atoms with van der Waals surface area (Å²) < 4.78 is 1.94. The SMILES string of the molecule is CC(C)CC(NCCc1nccn1C)C(=O)O. The summed E-state index contributed by atoms with van der Waals surface area (Å²) in [7, 11) is 1.94. The van der Waals surface area contributed by atoms with Crippen LogP contribution in [-0.2, 0) is 18.3 Å². The van der Waals surface area contributed by atoms with Crippen molar-refractivity contribution < 1.29 is 9.90 Å². The van der Waals surface area contributed by atoms with Gasteiger partial charge in [-0.05, 0) is 12.3 Å². The molecule has 5 heteroatoms. The van der Waals surface area contributed by atoms with Crippen molar-refractivity contribution in [2.75, 3.05) is 6.54 Å². The van der Waals surface area contributed by atoms with Gasteiger partial charge in [0.25, 0.3) is 0 Å². The third kappa shape index (κ3) is 4.56. The average molecular weight is 239 g/mol. The van der Waals surface area contributed by atoms with Crippen LogP contribution < -0.4 is 5.32 Å². The summed E-state index contributed by atoms with van der Waals surface area (Å²) in [5.41, 5.74) is 0. The molecule has 0 radical (unpaired) electrons. The lowest BCUT2D eigenvalue weighted by Crippen LogP contribution is -2.39. The minimum atomic E-state index is -0.779. The van der Waals surface area contributed by atoms with Gasteiger partial charge in [-0.1, -0.05) is 13.8 Å². The first-order chi connectivity index (χ1) is 8.00. The summed E-state index contributed by atoms with van der Waals surface area (Å²) in [6.07, 6.45) is 5.03. The van der Waals surface area contributed by atoms with Crippen molar-refractivity contribution in [3.63, 3.8) is 0 Å². The number of aryl methyl sites for hydroxylation is 1. The number of hydrogen-bond donors (Lipinski definition) is 2. The fourth-order valence-corrected chi connectivity index (χ4v) is 1.74. The molecule has 1 unspecified atom stereocenters. The van der Waals surface area contributed by atoms with Crippen molar-refractivity contribution >= 4 is 5.97 Å². The minimum absolute atomic E-state index is 0.372. The Hall–Kier alpha value is -1.36. The summed E-state index contributed by atoms with van der Waals surface area (Å²) in [4.78, 5) is 15.2. The third-order valence-electron chi connectivity index (χ3n) is 2.67. The lowest BCUT2D eigenvalue weighted by atomic mass is 10.0. The van der Waals surface area contributed by atoms with Crippen LogP contribution in [0, 0.1) is 5.92 Å². The second-order valence-corrected chi connectivity index (χ2v) is 4.68. The molecule has 0 amide bonds. The normalized spacial score (nSPS) is 12.9. The Bertz CT molecular complexity index is 360. The molecule has 1 atom stereocenters. The third-order valence-corrected chi connectivity index (χ3v) is 2.67. The average Bonchev–Trinajstić information content (AvgIpc) is 2.62. The lowest BCUT2D eigenvalue weighted by molar-refractivity contribution is -0.139. The first-order valence-corrected chi connectivity index (χ1v) is 5.93. The molecule has 17 heavy (non-hydrogen) atoms. The number of rotatable bonds is 7. The maximum Gasteiger partial charge on any atom is 0.320 e. The summed E-state index contributed by atoms with van der Waals surface area (Å²) in [6.45, 7) is 4.68. The Kier molecular flexibility index (Phi) is 5.15. The molecule has 2 N–H and O–H groups in total. The van der Waals surface area contributed by atoms with Crippen molar-refractivity contribution in [2.45, 2.75) is 32.7 Å². The van der Waals surface area contributed by atoms with Gasteiger partial charge in [0.05, 0.1) is 0 Å². The number of nitrogens with one attached hydrogen (secondary N) is 1. The Labute approximate surface area is 102 Å². The second-order valence-electron chi connectivity index (χ2n) is 4.68. The highest BCUT2D eigenvalue weighted by Gasteiger charge is 2.17. The van der Waals surface area contributed by atoms with Gasteiger partial charge < -0.3 is 15.0 Å². The summed E-state index contributed by atoms with van der Waals surface area (Å²) in [5, 5.41) is 12.1. The van der Waals surface area contributed by atoms with Crippen LogP contribution in [-0.4, -0.2) is 33.2 Å². The molecule has 1 rings (SSSR count). The monoisotopic (exact) mass is 239 g/mol. The van der Waals surface area contributed by atoms with Crippen molar-refractivity contribution in [1.29, 1.82) is 0 Å². The number of aliphatic carboxylic acids is 1. The van der Waals surface area contributed by atoms with Gasteiger partial charge in [0.15, 0.2) is 0 Å². The molecule has 0 spiro atoms. The Morgan fingerprint density at radius 2 is 2.29 bits per heavy atom. The number of nitrogens with zero attached hydrogens (tertiary/aromatic N) is 2. The molecule has 0 saturated carbocycles. The van der Waals surface area contributed by atoms with Gasteiger partial charge in [-0.25, -0.2) is 4.98 Å². The Balaban J connectivity index is 2.37. The number of carboxylic acids is 1. The highest BCUT2D eigenvalue weighted by atomic mass is 16.4. The highest BCUT2D eigenvalue weighted by Crippen LogP contribution is 2.05. The van der Waals surface area contributed by atoms with Crippen LogP contribution in [0.2, 0.25) is 0 Å². The van der Waals surface area contributed by atoms with E-state index in [0.717, 1.165) is 12.2 Å². The molecule has 0 aliphatic carbocycles. The van der Waals surface area contributed by atoms with Crippen LogP contribution in [0.1, 0.15) is 26.1 Å². The molecule has 5 nitrogen and oxygen atoms in total. The molecular formula is C12H21N3O2. The van der Waals surface area contributed by atoms with E-state index >= 15 is 0 Å². The maximum atomic E-state index is 11.0. The zero-order chi connectivity index (χ0) is 12.8. The van der Waals surface area contributed by atoms with Gasteiger partial charge in [0.1, 0.15) is 11.9 Å². The largest absolute Gasteiger partial charge is 0.480 e. The quantitative estimate of drug-likeness (QED) is 0.746. The van der Waals surface area contributed by atoms with Gasteiger partial charge in [0, 0.05) is 32.4 Å². The van der Waals surface area contributed by atoms with E-state index in [-0.39, 0.29) is 0 Å². The molecule has 0 bridgehead atoms. The molecule has 0 saturated heterocycles. The fraction of sp³-hybridized carbons (Fsp3) is 0.667. The highest BCUT2D eigenvalue weighted by molar-refractivity contribution is 5.73. The Morgan fingerprint density at radius 1 is 1.59 bits per heavy atom. The standard InChI is InChI=1S/C12H21N3O2/c1-9(2)8-10(12(16)17)13-5-4-11-14-6-7-15(11)3/h6-7,9-10,13H,4-5,8H2,1-3H3,(H,16,17). The zero-order valence-electron chi connectivity index (χ0n) is 10.7. The number of carbonyl (C=O) groups is 1. The topological polar surface area (TPSA) is 67.2 Å². The van der Waals surface area contributed by atoms with E-state index in [1.165, 1.54) is 0 Å². The van der Waals surface area contributed by atoms with Crippen molar-refractivity contribution in [3.05, 3.63) is 18.2 Å². The summed E-state index contributed by atoms with van der Waals surface area (Å²) in [5.74, 6) is 0.557. The van der Waals surface area contributed by atoms with Gasteiger partial charge in [-0.2, -0.15) is 0 Å². The minimum Gasteiger partial charge on any atom is -0.480 e. The molecule has 96 valence electrons. The van der Waals surface area contributed by atoms with E-state index in [0.29, 0.717) is 18.9 Å². The molecule has 0 aliphatic rings. The number of hydrogen-bond acceptors (Lipinski definition) is 3. The predicted octanol–water partition coefficient (Wildman–Crippen LogP) is 1.05. The molecular weight excluding hydrogens is 218 g/mol. The smallest absolute Gasteiger partial charge is 0.320 e. The van der Waals surface area contributed by atoms with Crippen molar-refractivity contribution in [1.82, 2.24) is 14.9 Å². The lowest BCUT2D eigenvalue weighted by Gasteiger charge is -2.16. The molecule has 1 aromatic heterocycles. The first kappa shape index (κ1) is 13.7. The van der Waals surface area contributed by atoms with Crippen LogP contribution in [0.15, 0.2) is 12.4 Å². The van der Waals surface area contributed by atoms with E-state index in [1.807, 2.05) is 31.7 Å². The van der Waals surface area contributed by atoms with Gasteiger partial charge >= 0.3 is 5.97 Å². The van der Waals surface area contributed by atoms with Crippen molar-refractivity contribution in [3.8, 4) is 0 Å². The maximum absolute atomic E-state index is 11.0. The summed E-state index contributed by atoms with van der Waals surface area (Å²) in [6, 6.07) is -0.463. The van der Waals surface area contributed by atoms with Gasteiger partial charge in [-0.15, -0.1) is 0 Å². The van der Waals surface area contributed by atoms with Crippen LogP contribution in [0.4, 0.5) is 0 Å². The second kappa shape index (κ2) is 6.39. The molecule has 0 fully saturated rings. The molecule has 0 aliphatic heterocycles. The van der Waals surface area contributed by atoms with E-state index in [9.17, 15) is 4.79 Å². The predicted molar refractivity (Wildman–Crippen MR) is 65.8 cm³/mol. The van der Waals surface area contributed by atoms with E-state index in [2.05, 4.69) is 10.3 Å². The number of aromatic nitrogens is 2. The van der Waals surface area contributed by atoms with Crippen LogP contribution >= 0.6 is 0 Å².